The smallest absolute Gasteiger partial charge is 0.335 e. The van der Waals surface area contributed by atoms with E-state index >= 15 is 0 Å². The van der Waals surface area contributed by atoms with Crippen molar-refractivity contribution in [2.45, 2.75) is 6.04 Å². The minimum Gasteiger partial charge on any atom is -0.478 e. The molecule has 0 aliphatic rings. The number of carboxylic acid groups (broad SMARTS) is 1. The van der Waals surface area contributed by atoms with Crippen LogP contribution in [0.25, 0.3) is 10.4 Å². The molecule has 0 aromatic heterocycles. The molecule has 0 saturated carbocycles. The SMILES string of the molecule is C#CCOCCOCCOCCOCC(N=[N+]=[N-])c1cccc(C(=O)O)c1. The van der Waals surface area contributed by atoms with Gasteiger partial charge in [-0.3, -0.25) is 0 Å². The lowest BCUT2D eigenvalue weighted by Gasteiger charge is -2.13. The van der Waals surface area contributed by atoms with Gasteiger partial charge in [0, 0.05) is 4.91 Å². The lowest BCUT2D eigenvalue weighted by Crippen LogP contribution is -2.13. The van der Waals surface area contributed by atoms with E-state index in [0.717, 1.165) is 0 Å². The summed E-state index contributed by atoms with van der Waals surface area (Å²) in [6, 6.07) is 5.61. The highest BCUT2D eigenvalue weighted by Crippen LogP contribution is 2.19. The number of hydrogen-bond donors (Lipinski definition) is 1. The van der Waals surface area contributed by atoms with E-state index < -0.39 is 12.0 Å². The van der Waals surface area contributed by atoms with E-state index in [0.29, 0.717) is 45.2 Å². The van der Waals surface area contributed by atoms with Gasteiger partial charge in [-0.25, -0.2) is 4.79 Å². The number of carboxylic acids is 1. The zero-order chi connectivity index (χ0) is 19.7. The third kappa shape index (κ3) is 10.2. The Morgan fingerprint density at radius 3 is 2.37 bits per heavy atom. The number of aromatic carboxylic acids is 1. The van der Waals surface area contributed by atoms with Crippen LogP contribution in [0.5, 0.6) is 0 Å². The molecule has 1 unspecified atom stereocenters. The van der Waals surface area contributed by atoms with Crippen molar-refractivity contribution in [1.29, 1.82) is 0 Å². The number of benzene rings is 1. The van der Waals surface area contributed by atoms with Crippen molar-refractivity contribution in [3.8, 4) is 12.3 Å². The molecule has 0 amide bonds. The van der Waals surface area contributed by atoms with Crippen LogP contribution in [0.2, 0.25) is 0 Å². The van der Waals surface area contributed by atoms with Gasteiger partial charge in [0.25, 0.3) is 0 Å². The molecule has 0 aliphatic heterocycles. The van der Waals surface area contributed by atoms with Crippen LogP contribution in [0.1, 0.15) is 22.0 Å². The first-order valence-corrected chi connectivity index (χ1v) is 8.31. The van der Waals surface area contributed by atoms with E-state index in [2.05, 4.69) is 15.9 Å². The summed E-state index contributed by atoms with van der Waals surface area (Å²) < 4.78 is 21.1. The standard InChI is InChI=1S/C18H23N3O6/c1-2-6-24-7-8-25-9-10-26-11-12-27-14-17(20-21-19)15-4-3-5-16(13-15)18(22)23/h1,3-5,13,17H,6-12,14H2,(H,22,23). The largest absolute Gasteiger partial charge is 0.478 e. The molecule has 1 atom stereocenters. The zero-order valence-electron chi connectivity index (χ0n) is 15.0. The molecule has 9 heteroatoms. The van der Waals surface area contributed by atoms with E-state index in [-0.39, 0.29) is 18.8 Å². The molecule has 0 fully saturated rings. The molecule has 0 radical (unpaired) electrons. The second-order valence-corrected chi connectivity index (χ2v) is 5.21. The first-order chi connectivity index (χ1) is 13.2. The Morgan fingerprint density at radius 1 is 1.15 bits per heavy atom. The maximum Gasteiger partial charge on any atom is 0.335 e. The van der Waals surface area contributed by atoms with Gasteiger partial charge in [-0.15, -0.1) is 6.42 Å². The molecule has 1 rings (SSSR count). The zero-order valence-corrected chi connectivity index (χ0v) is 15.0. The molecular formula is C18H23N3O6. The molecule has 9 nitrogen and oxygen atoms in total. The van der Waals surface area contributed by atoms with Crippen LogP contribution >= 0.6 is 0 Å². The molecule has 0 saturated heterocycles. The lowest BCUT2D eigenvalue weighted by atomic mass is 10.1. The van der Waals surface area contributed by atoms with Crippen molar-refractivity contribution in [3.63, 3.8) is 0 Å². The summed E-state index contributed by atoms with van der Waals surface area (Å²) >= 11 is 0. The topological polar surface area (TPSA) is 123 Å². The molecule has 27 heavy (non-hydrogen) atoms. The number of nitrogens with zero attached hydrogens (tertiary/aromatic N) is 3. The second-order valence-electron chi connectivity index (χ2n) is 5.21. The average Bonchev–Trinajstić information content (AvgIpc) is 2.68. The number of terminal acetylenes is 1. The van der Waals surface area contributed by atoms with Crippen molar-refractivity contribution in [3.05, 3.63) is 45.8 Å². The highest BCUT2D eigenvalue weighted by Gasteiger charge is 2.12. The molecule has 0 spiro atoms. The van der Waals surface area contributed by atoms with Crippen molar-refractivity contribution in [1.82, 2.24) is 0 Å². The summed E-state index contributed by atoms with van der Waals surface area (Å²) in [5.74, 6) is 1.32. The van der Waals surface area contributed by atoms with E-state index in [1.165, 1.54) is 12.1 Å². The maximum atomic E-state index is 11.0. The minimum atomic E-state index is -1.05. The second kappa shape index (κ2) is 14.6. The van der Waals surface area contributed by atoms with Crippen LogP contribution in [0.3, 0.4) is 0 Å². The summed E-state index contributed by atoms with van der Waals surface area (Å²) in [7, 11) is 0. The van der Waals surface area contributed by atoms with Gasteiger partial charge in [0.1, 0.15) is 6.61 Å². The van der Waals surface area contributed by atoms with Gasteiger partial charge in [0.2, 0.25) is 0 Å². The molecule has 0 aliphatic carbocycles. The molecule has 1 aromatic rings. The highest BCUT2D eigenvalue weighted by molar-refractivity contribution is 5.87. The molecule has 146 valence electrons. The number of rotatable bonds is 15. The Hall–Kier alpha value is -2.60. The normalized spacial score (nSPS) is 11.4. The van der Waals surface area contributed by atoms with Gasteiger partial charge in [-0.05, 0) is 23.2 Å². The predicted octanol–water partition coefficient (Wildman–Crippen LogP) is 2.44. The molecule has 1 N–H and O–H groups in total. The average molecular weight is 377 g/mol. The van der Waals surface area contributed by atoms with Crippen LogP contribution in [0.15, 0.2) is 29.4 Å². The fourth-order valence-electron chi connectivity index (χ4n) is 2.02. The van der Waals surface area contributed by atoms with Gasteiger partial charge >= 0.3 is 5.97 Å². The van der Waals surface area contributed by atoms with Crippen molar-refractivity contribution in [2.24, 2.45) is 5.11 Å². The van der Waals surface area contributed by atoms with E-state index in [9.17, 15) is 4.79 Å². The summed E-state index contributed by atoms with van der Waals surface area (Å²) in [4.78, 5) is 13.8. The fraction of sp³-hybridized carbons (Fsp3) is 0.500. The number of hydrogen-bond acceptors (Lipinski definition) is 6. The van der Waals surface area contributed by atoms with E-state index in [4.69, 9.17) is 36.0 Å². The van der Waals surface area contributed by atoms with Gasteiger partial charge < -0.3 is 24.1 Å². The van der Waals surface area contributed by atoms with Crippen LogP contribution in [-0.4, -0.2) is 63.9 Å². The Morgan fingerprint density at radius 2 is 1.78 bits per heavy atom. The van der Waals surface area contributed by atoms with Crippen molar-refractivity contribution < 1.29 is 28.8 Å². The Balaban J connectivity index is 2.19. The lowest BCUT2D eigenvalue weighted by molar-refractivity contribution is -0.000249. The highest BCUT2D eigenvalue weighted by atomic mass is 16.6. The van der Waals surface area contributed by atoms with Crippen molar-refractivity contribution >= 4 is 5.97 Å². The molecule has 0 bridgehead atoms. The third-order valence-electron chi connectivity index (χ3n) is 3.29. The Bertz CT molecular complexity index is 655. The van der Waals surface area contributed by atoms with Crippen LogP contribution in [0, 0.1) is 12.3 Å². The van der Waals surface area contributed by atoms with Crippen LogP contribution in [-0.2, 0) is 18.9 Å². The van der Waals surface area contributed by atoms with Crippen LogP contribution < -0.4 is 0 Å². The summed E-state index contributed by atoms with van der Waals surface area (Å²) in [5, 5.41) is 12.7. The quantitative estimate of drug-likeness (QED) is 0.165. The Labute approximate surface area is 157 Å². The maximum absolute atomic E-state index is 11.0. The van der Waals surface area contributed by atoms with E-state index in [1.807, 2.05) is 0 Å². The number of ether oxygens (including phenoxy) is 4. The molecule has 1 aromatic carbocycles. The summed E-state index contributed by atoms with van der Waals surface area (Å²) in [5.41, 5.74) is 9.40. The Kier molecular flexibility index (Phi) is 12.1. The number of carbonyl (C=O) groups is 1. The summed E-state index contributed by atoms with van der Waals surface area (Å²) in [6.07, 6.45) is 5.04. The monoisotopic (exact) mass is 377 g/mol. The van der Waals surface area contributed by atoms with E-state index in [1.54, 1.807) is 12.1 Å². The minimum absolute atomic E-state index is 0.124. The first-order valence-electron chi connectivity index (χ1n) is 8.31. The predicted molar refractivity (Wildman–Crippen MR) is 97.4 cm³/mol. The number of azide groups is 1. The fourth-order valence-corrected chi connectivity index (χ4v) is 2.02. The summed E-state index contributed by atoms with van der Waals surface area (Å²) in [6.45, 7) is 2.80. The third-order valence-corrected chi connectivity index (χ3v) is 3.29. The van der Waals surface area contributed by atoms with Crippen LogP contribution in [0.4, 0.5) is 0 Å². The van der Waals surface area contributed by atoms with Crippen molar-refractivity contribution in [2.75, 3.05) is 52.9 Å². The first kappa shape index (κ1) is 22.4. The molecular weight excluding hydrogens is 354 g/mol. The molecule has 0 heterocycles. The van der Waals surface area contributed by atoms with Gasteiger partial charge in [0.15, 0.2) is 0 Å². The van der Waals surface area contributed by atoms with Gasteiger partial charge in [-0.1, -0.05) is 23.2 Å². The van der Waals surface area contributed by atoms with Gasteiger partial charge in [0.05, 0.1) is 57.9 Å². The van der Waals surface area contributed by atoms with Gasteiger partial charge in [-0.2, -0.15) is 0 Å².